The molecule has 0 bridgehead atoms. The molecule has 0 radical (unpaired) electrons. The van der Waals surface area contributed by atoms with Crippen LogP contribution in [0.2, 0.25) is 5.02 Å². The molecule has 1 heterocycles. The highest BCUT2D eigenvalue weighted by atomic mass is 35.5. The maximum Gasteiger partial charge on any atom is 0.185 e. The highest BCUT2D eigenvalue weighted by molar-refractivity contribution is 6.33. The van der Waals surface area contributed by atoms with Gasteiger partial charge in [0, 0.05) is 12.0 Å². The fourth-order valence-corrected chi connectivity index (χ4v) is 3.20. The first-order chi connectivity index (χ1) is 9.06. The van der Waals surface area contributed by atoms with E-state index in [4.69, 9.17) is 17.3 Å². The summed E-state index contributed by atoms with van der Waals surface area (Å²) in [4.78, 5) is 12.8. The van der Waals surface area contributed by atoms with E-state index in [0.717, 1.165) is 19.3 Å². The minimum absolute atomic E-state index is 0.00505. The molecule has 1 aliphatic carbocycles. The maximum absolute atomic E-state index is 12.8. The summed E-state index contributed by atoms with van der Waals surface area (Å²) in [6, 6.07) is 0.131. The number of hydrogen-bond acceptors (Lipinski definition) is 3. The van der Waals surface area contributed by atoms with E-state index in [1.807, 2.05) is 13.8 Å². The minimum atomic E-state index is 0.00505. The highest BCUT2D eigenvalue weighted by Crippen LogP contribution is 2.34. The third-order valence-corrected chi connectivity index (χ3v) is 4.30. The van der Waals surface area contributed by atoms with Crippen LogP contribution in [0.15, 0.2) is 6.20 Å². The van der Waals surface area contributed by atoms with Crippen molar-refractivity contribution in [1.82, 2.24) is 9.78 Å². The standard InChI is InChI=1S/C14H22ClN3O/c1-9(2)18-13(12(15)8-17-18)14(19)11-6-4-3-5-10(11)7-16/h8-11H,3-7,16H2,1-2H3. The lowest BCUT2D eigenvalue weighted by Gasteiger charge is -2.29. The average molecular weight is 284 g/mol. The van der Waals surface area contributed by atoms with Gasteiger partial charge in [-0.3, -0.25) is 9.48 Å². The number of Topliss-reactive ketones (excluding diaryl/α,β-unsaturated/α-hetero) is 1. The molecule has 5 heteroatoms. The summed E-state index contributed by atoms with van der Waals surface area (Å²) in [6.07, 6.45) is 5.79. The van der Waals surface area contributed by atoms with Crippen molar-refractivity contribution in [2.24, 2.45) is 17.6 Å². The molecule has 106 valence electrons. The molecule has 0 spiro atoms. The zero-order valence-corrected chi connectivity index (χ0v) is 12.4. The van der Waals surface area contributed by atoms with E-state index in [0.29, 0.717) is 17.3 Å². The van der Waals surface area contributed by atoms with Crippen molar-refractivity contribution in [1.29, 1.82) is 0 Å². The van der Waals surface area contributed by atoms with Gasteiger partial charge < -0.3 is 5.73 Å². The van der Waals surface area contributed by atoms with Gasteiger partial charge in [-0.05, 0) is 39.2 Å². The van der Waals surface area contributed by atoms with Gasteiger partial charge in [-0.25, -0.2) is 0 Å². The Morgan fingerprint density at radius 3 is 2.84 bits per heavy atom. The van der Waals surface area contributed by atoms with Crippen LogP contribution in [0.3, 0.4) is 0 Å². The zero-order chi connectivity index (χ0) is 14.0. The minimum Gasteiger partial charge on any atom is -0.330 e. The van der Waals surface area contributed by atoms with Crippen LogP contribution in [-0.4, -0.2) is 22.1 Å². The van der Waals surface area contributed by atoms with Crippen LogP contribution in [-0.2, 0) is 0 Å². The summed E-state index contributed by atoms with van der Waals surface area (Å²) < 4.78 is 1.73. The van der Waals surface area contributed by atoms with E-state index < -0.39 is 0 Å². The average Bonchev–Trinajstić information content (AvgIpc) is 2.80. The first-order valence-corrected chi connectivity index (χ1v) is 7.41. The number of nitrogens with zero attached hydrogens (tertiary/aromatic N) is 2. The molecule has 2 unspecified atom stereocenters. The molecule has 1 saturated carbocycles. The Morgan fingerprint density at radius 1 is 1.53 bits per heavy atom. The lowest BCUT2D eigenvalue weighted by Crippen LogP contribution is -2.33. The van der Waals surface area contributed by atoms with Crippen molar-refractivity contribution in [3.63, 3.8) is 0 Å². The Bertz CT molecular complexity index is 456. The molecular weight excluding hydrogens is 262 g/mol. The van der Waals surface area contributed by atoms with Gasteiger partial charge in [-0.2, -0.15) is 5.10 Å². The van der Waals surface area contributed by atoms with Crippen molar-refractivity contribution < 1.29 is 4.79 Å². The number of carbonyl (C=O) groups is 1. The van der Waals surface area contributed by atoms with Gasteiger partial charge >= 0.3 is 0 Å². The molecule has 1 aromatic heterocycles. The Kier molecular flexibility index (Phi) is 4.63. The molecule has 2 atom stereocenters. The molecule has 4 nitrogen and oxygen atoms in total. The lowest BCUT2D eigenvalue weighted by molar-refractivity contribution is 0.0816. The largest absolute Gasteiger partial charge is 0.330 e. The molecule has 0 aromatic carbocycles. The normalized spacial score (nSPS) is 23.8. The molecule has 0 amide bonds. The Balaban J connectivity index is 2.30. The van der Waals surface area contributed by atoms with Crippen LogP contribution in [0.5, 0.6) is 0 Å². The van der Waals surface area contributed by atoms with Crippen LogP contribution in [0.4, 0.5) is 0 Å². The summed E-state index contributed by atoms with van der Waals surface area (Å²) in [5, 5.41) is 4.67. The summed E-state index contributed by atoms with van der Waals surface area (Å²) in [5.74, 6) is 0.407. The van der Waals surface area contributed by atoms with E-state index in [9.17, 15) is 4.79 Å². The monoisotopic (exact) mass is 283 g/mol. The molecule has 0 saturated heterocycles. The Hall–Kier alpha value is -0.870. The third-order valence-electron chi connectivity index (χ3n) is 4.02. The van der Waals surface area contributed by atoms with Crippen LogP contribution >= 0.6 is 11.6 Å². The predicted molar refractivity (Wildman–Crippen MR) is 76.5 cm³/mol. The van der Waals surface area contributed by atoms with Crippen molar-refractivity contribution in [3.05, 3.63) is 16.9 Å². The number of rotatable bonds is 4. The second kappa shape index (κ2) is 6.06. The quantitative estimate of drug-likeness (QED) is 0.864. The van der Waals surface area contributed by atoms with Gasteiger partial charge in [0.15, 0.2) is 5.78 Å². The molecule has 2 N–H and O–H groups in total. The molecular formula is C14H22ClN3O. The number of carbonyl (C=O) groups excluding carboxylic acids is 1. The first-order valence-electron chi connectivity index (χ1n) is 7.03. The van der Waals surface area contributed by atoms with Gasteiger partial charge in [0.2, 0.25) is 0 Å². The van der Waals surface area contributed by atoms with Gasteiger partial charge in [-0.1, -0.05) is 24.4 Å². The summed E-state index contributed by atoms with van der Waals surface area (Å²) in [7, 11) is 0. The number of aromatic nitrogens is 2. The fraction of sp³-hybridized carbons (Fsp3) is 0.714. The molecule has 1 fully saturated rings. The number of ketones is 1. The van der Waals surface area contributed by atoms with Crippen molar-refractivity contribution in [2.45, 2.75) is 45.6 Å². The Labute approximate surface area is 119 Å². The fourth-order valence-electron chi connectivity index (χ4n) is 2.97. The van der Waals surface area contributed by atoms with Crippen LogP contribution < -0.4 is 5.73 Å². The van der Waals surface area contributed by atoms with Gasteiger partial charge in [0.25, 0.3) is 0 Å². The summed E-state index contributed by atoms with van der Waals surface area (Å²) in [6.45, 7) is 4.58. The second-order valence-electron chi connectivity index (χ2n) is 5.63. The summed E-state index contributed by atoms with van der Waals surface area (Å²) in [5.41, 5.74) is 6.37. The zero-order valence-electron chi connectivity index (χ0n) is 11.6. The number of halogens is 1. The molecule has 19 heavy (non-hydrogen) atoms. The topological polar surface area (TPSA) is 60.9 Å². The summed E-state index contributed by atoms with van der Waals surface area (Å²) >= 11 is 6.16. The lowest BCUT2D eigenvalue weighted by atomic mass is 9.76. The number of hydrogen-bond donors (Lipinski definition) is 1. The van der Waals surface area contributed by atoms with Crippen molar-refractivity contribution >= 4 is 17.4 Å². The smallest absolute Gasteiger partial charge is 0.185 e. The number of nitrogens with two attached hydrogens (primary N) is 1. The van der Waals surface area contributed by atoms with Crippen molar-refractivity contribution in [3.8, 4) is 0 Å². The van der Waals surface area contributed by atoms with Gasteiger partial charge in [0.05, 0.1) is 11.2 Å². The predicted octanol–water partition coefficient (Wildman–Crippen LogP) is 3.07. The first kappa shape index (κ1) is 14.5. The Morgan fingerprint density at radius 2 is 2.21 bits per heavy atom. The molecule has 2 rings (SSSR count). The van der Waals surface area contributed by atoms with E-state index in [2.05, 4.69) is 5.10 Å². The molecule has 1 aromatic rings. The van der Waals surface area contributed by atoms with E-state index >= 15 is 0 Å². The van der Waals surface area contributed by atoms with Crippen LogP contribution in [0.25, 0.3) is 0 Å². The van der Waals surface area contributed by atoms with E-state index in [1.165, 1.54) is 6.42 Å². The van der Waals surface area contributed by atoms with Gasteiger partial charge in [-0.15, -0.1) is 0 Å². The third kappa shape index (κ3) is 2.84. The second-order valence-corrected chi connectivity index (χ2v) is 6.04. The maximum atomic E-state index is 12.8. The van der Waals surface area contributed by atoms with Crippen LogP contribution in [0.1, 0.15) is 56.1 Å². The van der Waals surface area contributed by atoms with E-state index in [1.54, 1.807) is 10.9 Å². The SMILES string of the molecule is CC(C)n1ncc(Cl)c1C(=O)C1CCCCC1CN. The highest BCUT2D eigenvalue weighted by Gasteiger charge is 2.33. The molecule has 0 aliphatic heterocycles. The van der Waals surface area contributed by atoms with Gasteiger partial charge in [0.1, 0.15) is 5.69 Å². The molecule has 1 aliphatic rings. The van der Waals surface area contributed by atoms with E-state index in [-0.39, 0.29) is 23.7 Å². The van der Waals surface area contributed by atoms with Crippen molar-refractivity contribution in [2.75, 3.05) is 6.54 Å². The van der Waals surface area contributed by atoms with Crippen LogP contribution in [0, 0.1) is 11.8 Å².